The topological polar surface area (TPSA) is 24.9 Å². The van der Waals surface area contributed by atoms with Crippen molar-refractivity contribution in [2.24, 2.45) is 35.5 Å². The monoisotopic (exact) mass is 494 g/mol. The molecule has 2 nitrogen and oxygen atoms in total. The Morgan fingerprint density at radius 2 is 1.92 bits per heavy atom. The van der Waals surface area contributed by atoms with Crippen molar-refractivity contribution < 1.29 is 0 Å². The minimum absolute atomic E-state index is 0.656. The number of hydrogen-bond acceptors (Lipinski definition) is 2. The number of pyridine rings is 1. The second-order valence-electron chi connectivity index (χ2n) is 12.7. The lowest BCUT2D eigenvalue weighted by atomic mass is 9.71. The molecule has 2 aliphatic carbocycles. The zero-order valence-electron chi connectivity index (χ0n) is 23.6. The van der Waals surface area contributed by atoms with Crippen LogP contribution >= 0.6 is 0 Å². The summed E-state index contributed by atoms with van der Waals surface area (Å²) in [7, 11) is 0. The van der Waals surface area contributed by atoms with E-state index in [9.17, 15) is 0 Å². The van der Waals surface area contributed by atoms with Gasteiger partial charge in [-0.05, 0) is 91.0 Å². The summed E-state index contributed by atoms with van der Waals surface area (Å²) in [5.41, 5.74) is 8.36. The maximum Gasteiger partial charge on any atom is 0.0702 e. The van der Waals surface area contributed by atoms with Crippen molar-refractivity contribution in [1.82, 2.24) is 10.3 Å². The number of aromatic nitrogens is 1. The number of dihydropyridines is 1. The number of nitrogens with one attached hydrogen (secondary N) is 1. The third kappa shape index (κ3) is 6.46. The van der Waals surface area contributed by atoms with Crippen molar-refractivity contribution in [3.8, 4) is 0 Å². The van der Waals surface area contributed by atoms with Gasteiger partial charge in [0.15, 0.2) is 0 Å². The Morgan fingerprint density at radius 1 is 1.08 bits per heavy atom. The van der Waals surface area contributed by atoms with Crippen LogP contribution in [0.4, 0.5) is 0 Å². The van der Waals surface area contributed by atoms with E-state index in [-0.39, 0.29) is 0 Å². The summed E-state index contributed by atoms with van der Waals surface area (Å²) < 4.78 is 0. The Balaban J connectivity index is 1.32. The Kier molecular flexibility index (Phi) is 8.03. The second-order valence-corrected chi connectivity index (χ2v) is 12.7. The van der Waals surface area contributed by atoms with Crippen molar-refractivity contribution in [2.75, 3.05) is 6.54 Å². The molecule has 0 bridgehead atoms. The van der Waals surface area contributed by atoms with E-state index < -0.39 is 0 Å². The van der Waals surface area contributed by atoms with E-state index >= 15 is 0 Å². The molecule has 1 aromatic carbocycles. The van der Waals surface area contributed by atoms with Gasteiger partial charge in [0, 0.05) is 35.3 Å². The highest BCUT2D eigenvalue weighted by Crippen LogP contribution is 2.43. The van der Waals surface area contributed by atoms with Crippen molar-refractivity contribution in [3.63, 3.8) is 0 Å². The van der Waals surface area contributed by atoms with Crippen LogP contribution in [0.15, 0.2) is 77.6 Å². The van der Waals surface area contributed by atoms with Crippen LogP contribution in [0.1, 0.15) is 78.7 Å². The number of para-hydroxylation sites is 1. The smallest absolute Gasteiger partial charge is 0.0702 e. The fourth-order valence-electron chi connectivity index (χ4n) is 6.44. The van der Waals surface area contributed by atoms with Crippen molar-refractivity contribution >= 4 is 16.6 Å². The Hall–Kier alpha value is -2.61. The molecule has 5 rings (SSSR count). The molecular weight excluding hydrogens is 448 g/mol. The molecule has 37 heavy (non-hydrogen) atoms. The summed E-state index contributed by atoms with van der Waals surface area (Å²) >= 11 is 0. The van der Waals surface area contributed by atoms with E-state index in [1.807, 2.05) is 6.20 Å². The largest absolute Gasteiger partial charge is 0.381 e. The van der Waals surface area contributed by atoms with Crippen LogP contribution in [0, 0.1) is 35.5 Å². The molecule has 0 spiro atoms. The maximum absolute atomic E-state index is 4.68. The van der Waals surface area contributed by atoms with Crippen LogP contribution in [0.5, 0.6) is 0 Å². The molecule has 3 unspecified atom stereocenters. The first-order valence-electron chi connectivity index (χ1n) is 14.8. The first-order chi connectivity index (χ1) is 17.9. The molecule has 1 aliphatic heterocycles. The van der Waals surface area contributed by atoms with E-state index in [1.54, 1.807) is 16.7 Å². The molecule has 0 amide bonds. The predicted octanol–water partition coefficient (Wildman–Crippen LogP) is 9.12. The van der Waals surface area contributed by atoms with Gasteiger partial charge in [-0.25, -0.2) is 0 Å². The summed E-state index contributed by atoms with van der Waals surface area (Å²) in [6, 6.07) is 10.6. The summed E-state index contributed by atoms with van der Waals surface area (Å²) in [6.45, 7) is 13.0. The van der Waals surface area contributed by atoms with Gasteiger partial charge in [0.05, 0.1) is 5.52 Å². The summed E-state index contributed by atoms with van der Waals surface area (Å²) in [4.78, 5) is 4.68. The number of benzene rings is 1. The molecule has 1 fully saturated rings. The normalized spacial score (nSPS) is 27.4. The quantitative estimate of drug-likeness (QED) is 0.415. The van der Waals surface area contributed by atoms with Gasteiger partial charge in [-0.15, -0.1) is 0 Å². The highest BCUT2D eigenvalue weighted by molar-refractivity contribution is 5.82. The number of fused-ring (bicyclic) bond motifs is 1. The van der Waals surface area contributed by atoms with Gasteiger partial charge in [-0.3, -0.25) is 4.98 Å². The van der Waals surface area contributed by atoms with Crippen LogP contribution in [-0.2, 0) is 0 Å². The Bertz CT molecular complexity index is 1220. The number of rotatable bonds is 7. The van der Waals surface area contributed by atoms with Gasteiger partial charge in [0.2, 0.25) is 0 Å². The molecule has 1 aromatic heterocycles. The van der Waals surface area contributed by atoms with E-state index in [0.29, 0.717) is 17.8 Å². The number of nitrogens with zero attached hydrogens (tertiary/aromatic N) is 1. The predicted molar refractivity (Wildman–Crippen MR) is 159 cm³/mol. The average molecular weight is 495 g/mol. The van der Waals surface area contributed by atoms with E-state index in [2.05, 4.69) is 99.6 Å². The Morgan fingerprint density at radius 3 is 2.68 bits per heavy atom. The van der Waals surface area contributed by atoms with E-state index in [1.165, 1.54) is 55.2 Å². The van der Waals surface area contributed by atoms with Crippen LogP contribution in [0.3, 0.4) is 0 Å². The number of allylic oxidation sites excluding steroid dienone is 6. The minimum Gasteiger partial charge on any atom is -0.381 e. The molecule has 4 atom stereocenters. The molecule has 0 radical (unpaired) electrons. The third-order valence-corrected chi connectivity index (χ3v) is 8.90. The molecule has 1 N–H and O–H groups in total. The number of hydrogen-bond donors (Lipinski definition) is 1. The van der Waals surface area contributed by atoms with Gasteiger partial charge >= 0.3 is 0 Å². The molecular formula is C35H46N2. The van der Waals surface area contributed by atoms with Gasteiger partial charge < -0.3 is 5.32 Å². The maximum atomic E-state index is 4.68. The summed E-state index contributed by atoms with van der Waals surface area (Å²) in [6.07, 6.45) is 19.7. The first kappa shape index (κ1) is 26.0. The Labute approximate surface area is 225 Å². The fraction of sp³-hybridized carbons (Fsp3) is 0.514. The van der Waals surface area contributed by atoms with Gasteiger partial charge in [0.25, 0.3) is 0 Å². The zero-order valence-corrected chi connectivity index (χ0v) is 23.6. The molecule has 0 saturated heterocycles. The molecule has 2 heteroatoms. The standard InChI is InChI=1S/C35H46N2/c1-23(2)10-12-26-17-30(26)19-31-16-25(5)11-13-27(20-33(31)24(3)4)29-14-15-35(36-21-29)32-18-28-8-6-7-9-34(28)37-22-32/h6-9,14-15,17-19,22-27,33,36H,10-13,16,20-21H2,1-5H3/b31-19-/t25?,26?,27?,33-/m0/s1. The summed E-state index contributed by atoms with van der Waals surface area (Å²) in [5, 5.41) is 4.95. The molecule has 1 saturated carbocycles. The van der Waals surface area contributed by atoms with Crippen LogP contribution in [0.2, 0.25) is 0 Å². The highest BCUT2D eigenvalue weighted by Gasteiger charge is 2.31. The zero-order chi connectivity index (χ0) is 25.9. The van der Waals surface area contributed by atoms with Crippen LogP contribution < -0.4 is 5.32 Å². The average Bonchev–Trinajstić information content (AvgIpc) is 3.63. The highest BCUT2D eigenvalue weighted by atomic mass is 14.9. The van der Waals surface area contributed by atoms with Crippen molar-refractivity contribution in [1.29, 1.82) is 0 Å². The lowest BCUT2D eigenvalue weighted by Crippen LogP contribution is -2.27. The lowest BCUT2D eigenvalue weighted by Gasteiger charge is -2.35. The van der Waals surface area contributed by atoms with Crippen LogP contribution in [0.25, 0.3) is 16.6 Å². The fourth-order valence-corrected chi connectivity index (χ4v) is 6.44. The third-order valence-electron chi connectivity index (χ3n) is 8.90. The van der Waals surface area contributed by atoms with Crippen molar-refractivity contribution in [3.05, 3.63) is 83.1 Å². The SMILES string of the molecule is CC(C)CCC1C=C1/C=C1/CC(C)CCC(C2=CC=C(c3cnc4ccccc4c3)NC2)C[C@H]1C(C)C. The van der Waals surface area contributed by atoms with Crippen LogP contribution in [-0.4, -0.2) is 11.5 Å². The second kappa shape index (κ2) is 11.4. The van der Waals surface area contributed by atoms with E-state index in [0.717, 1.165) is 29.8 Å². The molecule has 2 aromatic rings. The molecule has 3 aliphatic rings. The van der Waals surface area contributed by atoms with Crippen molar-refractivity contribution in [2.45, 2.75) is 73.1 Å². The van der Waals surface area contributed by atoms with Gasteiger partial charge in [0.1, 0.15) is 0 Å². The lowest BCUT2D eigenvalue weighted by molar-refractivity contribution is 0.290. The summed E-state index contributed by atoms with van der Waals surface area (Å²) in [5.74, 6) is 4.32. The van der Waals surface area contributed by atoms with Gasteiger partial charge in [-0.1, -0.05) is 83.0 Å². The minimum atomic E-state index is 0.656. The molecule has 2 heterocycles. The first-order valence-corrected chi connectivity index (χ1v) is 14.8. The molecule has 196 valence electrons. The van der Waals surface area contributed by atoms with Gasteiger partial charge in [-0.2, -0.15) is 0 Å². The van der Waals surface area contributed by atoms with E-state index in [4.69, 9.17) is 0 Å².